The minimum absolute atomic E-state index is 0.0333. The van der Waals surface area contributed by atoms with E-state index in [2.05, 4.69) is 10.2 Å². The van der Waals surface area contributed by atoms with Gasteiger partial charge >= 0.3 is 11.8 Å². The maximum absolute atomic E-state index is 12.7. The molecule has 4 nitrogen and oxygen atoms in total. The summed E-state index contributed by atoms with van der Waals surface area (Å²) < 4.78 is 42.9. The molecule has 0 saturated heterocycles. The van der Waals surface area contributed by atoms with Crippen LogP contribution in [0.2, 0.25) is 0 Å². The smallest absolute Gasteiger partial charge is 0.442 e. The van der Waals surface area contributed by atoms with Crippen LogP contribution in [0.4, 0.5) is 13.2 Å². The second-order valence-corrected chi connectivity index (χ2v) is 3.44. The molecule has 0 aromatic heterocycles. The first-order valence-electron chi connectivity index (χ1n) is 4.59. The summed E-state index contributed by atoms with van der Waals surface area (Å²) in [6.07, 6.45) is -4.17. The predicted octanol–water partition coefficient (Wildman–Crippen LogP) is 2.69. The van der Waals surface area contributed by atoms with E-state index in [1.165, 1.54) is 19.2 Å². The SMILES string of the molecule is COc1ccc(C2(C(F)(F)F)N=N2)cc1C=O. The summed E-state index contributed by atoms with van der Waals surface area (Å²) in [6.45, 7) is 0. The highest BCUT2D eigenvalue weighted by molar-refractivity contribution is 5.79. The number of methoxy groups -OCH3 is 1. The summed E-state index contributed by atoms with van der Waals surface area (Å²) in [4.78, 5) is 10.7. The fraction of sp³-hybridized carbons (Fsp3) is 0.300. The van der Waals surface area contributed by atoms with Gasteiger partial charge in [0.2, 0.25) is 0 Å². The van der Waals surface area contributed by atoms with E-state index in [1.807, 2.05) is 0 Å². The van der Waals surface area contributed by atoms with Crippen molar-refractivity contribution in [1.29, 1.82) is 0 Å². The van der Waals surface area contributed by atoms with Crippen LogP contribution in [0.5, 0.6) is 5.75 Å². The van der Waals surface area contributed by atoms with E-state index in [0.29, 0.717) is 6.29 Å². The number of hydrogen-bond donors (Lipinski definition) is 0. The molecule has 1 aliphatic heterocycles. The van der Waals surface area contributed by atoms with Gasteiger partial charge in [0.05, 0.1) is 12.7 Å². The van der Waals surface area contributed by atoms with Crippen molar-refractivity contribution in [3.63, 3.8) is 0 Å². The maximum Gasteiger partial charge on any atom is 0.442 e. The van der Waals surface area contributed by atoms with Crippen molar-refractivity contribution < 1.29 is 22.7 Å². The molecule has 0 spiro atoms. The van der Waals surface area contributed by atoms with Crippen molar-refractivity contribution in [2.24, 2.45) is 10.2 Å². The molecule has 7 heteroatoms. The number of alkyl halides is 3. The fourth-order valence-electron chi connectivity index (χ4n) is 1.49. The highest BCUT2D eigenvalue weighted by Crippen LogP contribution is 2.52. The minimum atomic E-state index is -4.60. The molecule has 1 aromatic rings. The quantitative estimate of drug-likeness (QED) is 0.767. The van der Waals surface area contributed by atoms with E-state index >= 15 is 0 Å². The van der Waals surface area contributed by atoms with Gasteiger partial charge in [0, 0.05) is 5.56 Å². The highest BCUT2D eigenvalue weighted by atomic mass is 19.4. The molecule has 0 atom stereocenters. The lowest BCUT2D eigenvalue weighted by atomic mass is 10.0. The van der Waals surface area contributed by atoms with Crippen LogP contribution in [-0.4, -0.2) is 19.6 Å². The Morgan fingerprint density at radius 3 is 2.41 bits per heavy atom. The molecule has 0 radical (unpaired) electrons. The van der Waals surface area contributed by atoms with E-state index in [0.717, 1.165) is 6.07 Å². The van der Waals surface area contributed by atoms with Gasteiger partial charge in [-0.1, -0.05) is 6.07 Å². The van der Waals surface area contributed by atoms with Gasteiger partial charge in [-0.05, 0) is 12.1 Å². The van der Waals surface area contributed by atoms with Crippen LogP contribution in [0.25, 0.3) is 0 Å². The Kier molecular flexibility index (Phi) is 2.41. The molecule has 0 fully saturated rings. The van der Waals surface area contributed by atoms with Crippen LogP contribution < -0.4 is 4.74 Å². The Morgan fingerprint density at radius 2 is 2.00 bits per heavy atom. The minimum Gasteiger partial charge on any atom is -0.496 e. The number of ether oxygens (including phenoxy) is 1. The highest BCUT2D eigenvalue weighted by Gasteiger charge is 2.65. The first-order valence-corrected chi connectivity index (χ1v) is 4.59. The Hall–Kier alpha value is -1.92. The lowest BCUT2D eigenvalue weighted by Crippen LogP contribution is -2.30. The predicted molar refractivity (Wildman–Crippen MR) is 51.0 cm³/mol. The number of carbonyl (C=O) groups is 1. The second kappa shape index (κ2) is 3.54. The largest absolute Gasteiger partial charge is 0.496 e. The number of carbonyl (C=O) groups excluding carboxylic acids is 1. The number of halogens is 3. The van der Waals surface area contributed by atoms with Gasteiger partial charge in [-0.2, -0.15) is 13.2 Å². The number of hydrogen-bond acceptors (Lipinski definition) is 4. The first-order chi connectivity index (χ1) is 7.94. The van der Waals surface area contributed by atoms with Gasteiger partial charge in [0.25, 0.3) is 0 Å². The van der Waals surface area contributed by atoms with Crippen LogP contribution in [0.15, 0.2) is 28.4 Å². The monoisotopic (exact) mass is 244 g/mol. The van der Waals surface area contributed by atoms with Crippen LogP contribution in [-0.2, 0) is 5.66 Å². The topological polar surface area (TPSA) is 51.0 Å². The van der Waals surface area contributed by atoms with Crippen molar-refractivity contribution in [1.82, 2.24) is 0 Å². The summed E-state index contributed by atoms with van der Waals surface area (Å²) in [6, 6.07) is 3.56. The fourth-order valence-corrected chi connectivity index (χ4v) is 1.49. The number of benzene rings is 1. The average Bonchev–Trinajstić information content (AvgIpc) is 3.08. The third kappa shape index (κ3) is 1.67. The molecule has 1 aromatic carbocycles. The van der Waals surface area contributed by atoms with Crippen LogP contribution in [0, 0.1) is 0 Å². The average molecular weight is 244 g/mol. The zero-order valence-electron chi connectivity index (χ0n) is 8.65. The third-order valence-electron chi connectivity index (χ3n) is 2.45. The van der Waals surface area contributed by atoms with E-state index in [4.69, 9.17) is 4.74 Å². The Morgan fingerprint density at radius 1 is 1.35 bits per heavy atom. The Balaban J connectivity index is 2.45. The van der Waals surface area contributed by atoms with Crippen LogP contribution >= 0.6 is 0 Å². The van der Waals surface area contributed by atoms with E-state index in [-0.39, 0.29) is 16.9 Å². The first kappa shape index (κ1) is 11.6. The molecule has 0 unspecified atom stereocenters. The third-order valence-corrected chi connectivity index (χ3v) is 2.45. The van der Waals surface area contributed by atoms with Gasteiger partial charge in [0.1, 0.15) is 5.75 Å². The molecular weight excluding hydrogens is 237 g/mol. The van der Waals surface area contributed by atoms with Crippen molar-refractivity contribution in [2.75, 3.05) is 7.11 Å². The summed E-state index contributed by atoms with van der Waals surface area (Å²) in [5.74, 6) is 0.210. The number of nitrogens with zero attached hydrogens (tertiary/aromatic N) is 2. The van der Waals surface area contributed by atoms with E-state index < -0.39 is 11.8 Å². The molecule has 0 amide bonds. The number of aldehydes is 1. The molecule has 1 heterocycles. The van der Waals surface area contributed by atoms with E-state index in [1.54, 1.807) is 0 Å². The van der Waals surface area contributed by atoms with Crippen LogP contribution in [0.1, 0.15) is 15.9 Å². The summed E-state index contributed by atoms with van der Waals surface area (Å²) in [5.41, 5.74) is -2.66. The van der Waals surface area contributed by atoms with Gasteiger partial charge in [0.15, 0.2) is 6.29 Å². The van der Waals surface area contributed by atoms with Crippen molar-refractivity contribution in [3.05, 3.63) is 29.3 Å². The molecule has 2 rings (SSSR count). The Labute approximate surface area is 94.1 Å². The maximum atomic E-state index is 12.7. The van der Waals surface area contributed by atoms with Crippen molar-refractivity contribution >= 4 is 6.29 Å². The van der Waals surface area contributed by atoms with Gasteiger partial charge < -0.3 is 4.74 Å². The normalized spacial score (nSPS) is 16.7. The molecule has 17 heavy (non-hydrogen) atoms. The molecule has 1 aliphatic rings. The van der Waals surface area contributed by atoms with Crippen molar-refractivity contribution in [3.8, 4) is 5.75 Å². The zero-order valence-corrected chi connectivity index (χ0v) is 8.65. The van der Waals surface area contributed by atoms with E-state index in [9.17, 15) is 18.0 Å². The van der Waals surface area contributed by atoms with Gasteiger partial charge in [-0.15, -0.1) is 10.2 Å². The molecule has 0 N–H and O–H groups in total. The summed E-state index contributed by atoms with van der Waals surface area (Å²) >= 11 is 0. The van der Waals surface area contributed by atoms with Gasteiger partial charge in [-0.3, -0.25) is 4.79 Å². The molecule has 90 valence electrons. The Bertz CT molecular complexity index is 491. The molecule has 0 saturated carbocycles. The summed E-state index contributed by atoms with van der Waals surface area (Å²) in [7, 11) is 1.33. The van der Waals surface area contributed by atoms with Gasteiger partial charge in [-0.25, -0.2) is 0 Å². The van der Waals surface area contributed by atoms with Crippen molar-refractivity contribution in [2.45, 2.75) is 11.8 Å². The molecule has 0 bridgehead atoms. The number of rotatable bonds is 3. The standard InChI is InChI=1S/C10H7F3N2O2/c1-17-8-3-2-7(4-6(8)5-16)9(14-15-9)10(11,12)13/h2-5H,1H3. The lowest BCUT2D eigenvalue weighted by Gasteiger charge is -2.15. The lowest BCUT2D eigenvalue weighted by molar-refractivity contribution is -0.166. The second-order valence-electron chi connectivity index (χ2n) is 3.44. The molecule has 0 aliphatic carbocycles. The zero-order chi connectivity index (χ0) is 12.7. The van der Waals surface area contributed by atoms with Crippen LogP contribution in [0.3, 0.4) is 0 Å². The molecular formula is C10H7F3N2O2. The summed E-state index contributed by atoms with van der Waals surface area (Å²) in [5, 5.41) is 6.10.